The Morgan fingerprint density at radius 2 is 1.56 bits per heavy atom. The molecule has 25 heavy (non-hydrogen) atoms. The summed E-state index contributed by atoms with van der Waals surface area (Å²) in [5.41, 5.74) is 0. The van der Waals surface area contributed by atoms with Gasteiger partial charge < -0.3 is 9.84 Å². The van der Waals surface area contributed by atoms with Crippen molar-refractivity contribution < 1.29 is 14.6 Å². The van der Waals surface area contributed by atoms with Gasteiger partial charge in [0.2, 0.25) is 0 Å². The van der Waals surface area contributed by atoms with Crippen LogP contribution in [0.25, 0.3) is 21.5 Å². The average Bonchev–Trinajstić information content (AvgIpc) is 2.61. The van der Waals surface area contributed by atoms with Crippen molar-refractivity contribution in [1.29, 1.82) is 0 Å². The van der Waals surface area contributed by atoms with Gasteiger partial charge in [0, 0.05) is 17.2 Å². The lowest BCUT2D eigenvalue weighted by molar-refractivity contribution is -0.137. The van der Waals surface area contributed by atoms with Crippen molar-refractivity contribution >= 4 is 27.5 Å². The van der Waals surface area contributed by atoms with Gasteiger partial charge >= 0.3 is 5.97 Å². The van der Waals surface area contributed by atoms with Crippen LogP contribution in [0.2, 0.25) is 0 Å². The van der Waals surface area contributed by atoms with Crippen LogP contribution in [0.5, 0.6) is 5.75 Å². The third kappa shape index (κ3) is 4.30. The SMILES string of the molecule is CC(CCCCCC(=O)O)Oc1c2ccccc2cc2ccccc12. The number of carbonyl (C=O) groups is 1. The first-order valence-electron chi connectivity index (χ1n) is 8.94. The smallest absolute Gasteiger partial charge is 0.303 e. The second-order valence-corrected chi connectivity index (χ2v) is 6.57. The van der Waals surface area contributed by atoms with Gasteiger partial charge in [-0.3, -0.25) is 4.79 Å². The highest BCUT2D eigenvalue weighted by molar-refractivity contribution is 6.05. The van der Waals surface area contributed by atoms with Crippen molar-refractivity contribution in [3.63, 3.8) is 0 Å². The first-order chi connectivity index (χ1) is 12.1. The van der Waals surface area contributed by atoms with Crippen molar-refractivity contribution in [3.8, 4) is 5.75 Å². The Morgan fingerprint density at radius 3 is 2.16 bits per heavy atom. The van der Waals surface area contributed by atoms with Crippen molar-refractivity contribution in [2.75, 3.05) is 0 Å². The number of ether oxygens (including phenoxy) is 1. The summed E-state index contributed by atoms with van der Waals surface area (Å²) in [5, 5.41) is 13.3. The summed E-state index contributed by atoms with van der Waals surface area (Å²) in [4.78, 5) is 10.6. The predicted octanol–water partition coefficient (Wildman–Crippen LogP) is 5.80. The van der Waals surface area contributed by atoms with Gasteiger partial charge in [-0.2, -0.15) is 0 Å². The molecule has 3 nitrogen and oxygen atoms in total. The highest BCUT2D eigenvalue weighted by atomic mass is 16.5. The molecular weight excluding hydrogens is 312 g/mol. The number of aliphatic carboxylic acids is 1. The molecule has 0 aliphatic rings. The molecule has 1 atom stereocenters. The second-order valence-electron chi connectivity index (χ2n) is 6.57. The van der Waals surface area contributed by atoms with Crippen molar-refractivity contribution in [2.24, 2.45) is 0 Å². The highest BCUT2D eigenvalue weighted by Crippen LogP contribution is 2.35. The van der Waals surface area contributed by atoms with Crippen LogP contribution in [0.15, 0.2) is 54.6 Å². The maximum Gasteiger partial charge on any atom is 0.303 e. The number of benzene rings is 3. The molecule has 0 spiro atoms. The minimum atomic E-state index is -0.716. The van der Waals surface area contributed by atoms with E-state index in [0.29, 0.717) is 0 Å². The van der Waals surface area contributed by atoms with Gasteiger partial charge in [-0.25, -0.2) is 0 Å². The minimum absolute atomic E-state index is 0.0963. The molecule has 0 fully saturated rings. The molecule has 0 aliphatic carbocycles. The van der Waals surface area contributed by atoms with E-state index in [9.17, 15) is 4.79 Å². The summed E-state index contributed by atoms with van der Waals surface area (Å²) in [6.07, 6.45) is 3.92. The fraction of sp³-hybridized carbons (Fsp3) is 0.318. The Kier molecular flexibility index (Phi) is 5.54. The average molecular weight is 336 g/mol. The molecular formula is C22H24O3. The zero-order valence-electron chi connectivity index (χ0n) is 14.6. The van der Waals surface area contributed by atoms with E-state index in [-0.39, 0.29) is 12.5 Å². The van der Waals surface area contributed by atoms with E-state index < -0.39 is 5.97 Å². The Bertz CT molecular complexity index is 815. The van der Waals surface area contributed by atoms with Crippen molar-refractivity contribution in [2.45, 2.75) is 45.1 Å². The molecule has 0 aromatic heterocycles. The Hall–Kier alpha value is -2.55. The van der Waals surface area contributed by atoms with E-state index in [1.807, 2.05) is 24.3 Å². The van der Waals surface area contributed by atoms with Gasteiger partial charge in [-0.15, -0.1) is 0 Å². The summed E-state index contributed by atoms with van der Waals surface area (Å²) < 4.78 is 6.35. The van der Waals surface area contributed by atoms with Crippen LogP contribution in [0.4, 0.5) is 0 Å². The number of fused-ring (bicyclic) bond motifs is 2. The third-order valence-corrected chi connectivity index (χ3v) is 4.54. The van der Waals surface area contributed by atoms with Crippen LogP contribution in [-0.4, -0.2) is 17.2 Å². The number of carboxylic acid groups (broad SMARTS) is 1. The topological polar surface area (TPSA) is 46.5 Å². The number of unbranched alkanes of at least 4 members (excludes halogenated alkanes) is 2. The highest BCUT2D eigenvalue weighted by Gasteiger charge is 2.12. The zero-order chi connectivity index (χ0) is 17.6. The van der Waals surface area contributed by atoms with Gasteiger partial charge in [0.05, 0.1) is 6.10 Å². The van der Waals surface area contributed by atoms with Gasteiger partial charge in [0.25, 0.3) is 0 Å². The van der Waals surface area contributed by atoms with Crippen LogP contribution in [0, 0.1) is 0 Å². The first kappa shape index (κ1) is 17.3. The van der Waals surface area contributed by atoms with E-state index in [2.05, 4.69) is 37.3 Å². The van der Waals surface area contributed by atoms with Crippen LogP contribution in [-0.2, 0) is 4.79 Å². The lowest BCUT2D eigenvalue weighted by atomic mass is 10.0. The standard InChI is InChI=1S/C22H24O3/c1-16(9-3-2-4-14-21(23)24)25-22-19-12-7-5-10-17(19)15-18-11-6-8-13-20(18)22/h5-8,10-13,15-16H,2-4,9,14H2,1H3,(H,23,24). The summed E-state index contributed by atoms with van der Waals surface area (Å²) >= 11 is 0. The Morgan fingerprint density at radius 1 is 0.960 bits per heavy atom. The van der Waals surface area contributed by atoms with Gasteiger partial charge in [-0.05, 0) is 43.0 Å². The van der Waals surface area contributed by atoms with E-state index in [1.54, 1.807) is 0 Å². The van der Waals surface area contributed by atoms with Crippen LogP contribution < -0.4 is 4.74 Å². The van der Waals surface area contributed by atoms with E-state index in [4.69, 9.17) is 9.84 Å². The molecule has 130 valence electrons. The maximum absolute atomic E-state index is 10.6. The summed E-state index contributed by atoms with van der Waals surface area (Å²) in [7, 11) is 0. The summed E-state index contributed by atoms with van der Waals surface area (Å²) in [5.74, 6) is 0.234. The van der Waals surface area contributed by atoms with Crippen molar-refractivity contribution in [1.82, 2.24) is 0 Å². The van der Waals surface area contributed by atoms with Gasteiger partial charge in [0.15, 0.2) is 0 Å². The molecule has 1 unspecified atom stereocenters. The lowest BCUT2D eigenvalue weighted by Gasteiger charge is -2.18. The monoisotopic (exact) mass is 336 g/mol. The molecule has 0 radical (unpaired) electrons. The van der Waals surface area contributed by atoms with Gasteiger partial charge in [0.1, 0.15) is 5.75 Å². The number of hydrogen-bond acceptors (Lipinski definition) is 2. The van der Waals surface area contributed by atoms with E-state index >= 15 is 0 Å². The van der Waals surface area contributed by atoms with E-state index in [0.717, 1.165) is 42.2 Å². The molecule has 1 N–H and O–H groups in total. The molecule has 0 aliphatic heterocycles. The predicted molar refractivity (Wildman–Crippen MR) is 102 cm³/mol. The largest absolute Gasteiger partial charge is 0.489 e. The minimum Gasteiger partial charge on any atom is -0.489 e. The molecule has 0 saturated carbocycles. The number of carboxylic acids is 1. The molecule has 0 saturated heterocycles. The fourth-order valence-electron chi connectivity index (χ4n) is 3.24. The molecule has 3 aromatic carbocycles. The first-order valence-corrected chi connectivity index (χ1v) is 8.94. The van der Waals surface area contributed by atoms with E-state index in [1.165, 1.54) is 10.8 Å². The van der Waals surface area contributed by atoms with Crippen LogP contribution in [0.3, 0.4) is 0 Å². The molecule has 3 heteroatoms. The van der Waals surface area contributed by atoms with Crippen LogP contribution >= 0.6 is 0 Å². The molecule has 3 aromatic rings. The summed E-state index contributed by atoms with van der Waals surface area (Å²) in [6, 6.07) is 18.8. The molecule has 0 heterocycles. The van der Waals surface area contributed by atoms with Crippen molar-refractivity contribution in [3.05, 3.63) is 54.6 Å². The van der Waals surface area contributed by atoms with Crippen LogP contribution in [0.1, 0.15) is 39.0 Å². The Balaban J connectivity index is 1.76. The number of rotatable bonds is 8. The lowest BCUT2D eigenvalue weighted by Crippen LogP contribution is -2.12. The second kappa shape index (κ2) is 8.02. The molecule has 0 bridgehead atoms. The van der Waals surface area contributed by atoms with Gasteiger partial charge in [-0.1, -0.05) is 55.0 Å². The fourth-order valence-corrected chi connectivity index (χ4v) is 3.24. The maximum atomic E-state index is 10.6. The number of hydrogen-bond donors (Lipinski definition) is 1. The normalized spacial score (nSPS) is 12.4. The quantitative estimate of drug-likeness (QED) is 0.418. The molecule has 3 rings (SSSR count). The molecule has 0 amide bonds. The summed E-state index contributed by atoms with van der Waals surface area (Å²) in [6.45, 7) is 2.09. The zero-order valence-corrected chi connectivity index (χ0v) is 14.6. The Labute approximate surface area is 148 Å². The third-order valence-electron chi connectivity index (χ3n) is 4.54.